The topological polar surface area (TPSA) is 50.3 Å². The summed E-state index contributed by atoms with van der Waals surface area (Å²) in [6, 6.07) is 7.62. The summed E-state index contributed by atoms with van der Waals surface area (Å²) < 4.78 is 45.9. The Morgan fingerprint density at radius 2 is 2.03 bits per heavy atom. The Kier molecular flexibility index (Phi) is 6.71. The molecule has 5 nitrogen and oxygen atoms in total. The van der Waals surface area contributed by atoms with Gasteiger partial charge in [-0.1, -0.05) is 0 Å². The van der Waals surface area contributed by atoms with E-state index in [0.717, 1.165) is 18.2 Å². The van der Waals surface area contributed by atoms with Crippen LogP contribution in [0.4, 0.5) is 24.0 Å². The molecular formula is C20H21F3N4OS. The number of nitrogens with zero attached hydrogens (tertiary/aromatic N) is 3. The zero-order valence-corrected chi connectivity index (χ0v) is 16.8. The van der Waals surface area contributed by atoms with Crippen molar-refractivity contribution in [3.63, 3.8) is 0 Å². The molecular weight excluding hydrogens is 401 g/mol. The second-order valence-electron chi connectivity index (χ2n) is 6.62. The van der Waals surface area contributed by atoms with Gasteiger partial charge >= 0.3 is 6.18 Å². The number of nitrogens with one attached hydrogen (secondary N) is 1. The van der Waals surface area contributed by atoms with Crippen LogP contribution in [-0.2, 0) is 6.18 Å². The van der Waals surface area contributed by atoms with Gasteiger partial charge in [-0.3, -0.25) is 4.98 Å². The first-order valence-corrected chi connectivity index (χ1v) is 9.82. The van der Waals surface area contributed by atoms with Crippen molar-refractivity contribution in [3.05, 3.63) is 53.7 Å². The molecule has 0 fully saturated rings. The highest BCUT2D eigenvalue weighted by Gasteiger charge is 2.34. The number of hydrogen-bond acceptors (Lipinski definition) is 6. The summed E-state index contributed by atoms with van der Waals surface area (Å²) in [5.41, 5.74) is 1.04. The number of thiazole rings is 1. The van der Waals surface area contributed by atoms with Crippen LogP contribution < -0.4 is 10.1 Å². The van der Waals surface area contributed by atoms with Crippen molar-refractivity contribution in [2.75, 3.05) is 32.6 Å². The van der Waals surface area contributed by atoms with Crippen molar-refractivity contribution in [2.24, 2.45) is 0 Å². The minimum absolute atomic E-state index is 0.169. The van der Waals surface area contributed by atoms with Crippen LogP contribution in [0, 0.1) is 0 Å². The summed E-state index contributed by atoms with van der Waals surface area (Å²) >= 11 is 1.31. The second kappa shape index (κ2) is 9.23. The Balaban J connectivity index is 1.74. The van der Waals surface area contributed by atoms with Crippen molar-refractivity contribution in [1.29, 1.82) is 0 Å². The molecule has 0 atom stereocenters. The SMILES string of the molecule is CN(C)CCCOc1ccc(Nc2nc(-c3cccnc3)cs2)cc1C(F)(F)F. The van der Waals surface area contributed by atoms with Crippen LogP contribution in [0.2, 0.25) is 0 Å². The van der Waals surface area contributed by atoms with E-state index in [1.807, 2.05) is 30.4 Å². The monoisotopic (exact) mass is 422 g/mol. The van der Waals surface area contributed by atoms with Crippen molar-refractivity contribution >= 4 is 22.2 Å². The Labute approximate surface area is 171 Å². The van der Waals surface area contributed by atoms with Gasteiger partial charge in [0.2, 0.25) is 0 Å². The second-order valence-corrected chi connectivity index (χ2v) is 7.48. The van der Waals surface area contributed by atoms with Crippen LogP contribution in [0.3, 0.4) is 0 Å². The maximum atomic E-state index is 13.5. The van der Waals surface area contributed by atoms with Gasteiger partial charge in [0.15, 0.2) is 5.13 Å². The predicted molar refractivity (Wildman–Crippen MR) is 109 cm³/mol. The number of anilines is 2. The lowest BCUT2D eigenvalue weighted by Gasteiger charge is -2.16. The van der Waals surface area contributed by atoms with E-state index in [4.69, 9.17) is 4.74 Å². The molecule has 0 amide bonds. The lowest BCUT2D eigenvalue weighted by molar-refractivity contribution is -0.138. The molecule has 3 rings (SSSR count). The van der Waals surface area contributed by atoms with Gasteiger partial charge in [-0.15, -0.1) is 11.3 Å². The minimum atomic E-state index is -4.52. The van der Waals surface area contributed by atoms with E-state index in [-0.39, 0.29) is 12.4 Å². The Hall–Kier alpha value is -2.65. The van der Waals surface area contributed by atoms with Gasteiger partial charge in [-0.25, -0.2) is 4.98 Å². The first-order valence-electron chi connectivity index (χ1n) is 8.94. The lowest BCUT2D eigenvalue weighted by atomic mass is 10.1. The van der Waals surface area contributed by atoms with E-state index in [2.05, 4.69) is 15.3 Å². The average molecular weight is 422 g/mol. The van der Waals surface area contributed by atoms with Gasteiger partial charge in [0.05, 0.1) is 17.9 Å². The Morgan fingerprint density at radius 3 is 2.72 bits per heavy atom. The van der Waals surface area contributed by atoms with Gasteiger partial charge in [-0.05, 0) is 50.8 Å². The number of halogens is 3. The number of pyridine rings is 1. The van der Waals surface area contributed by atoms with Crippen molar-refractivity contribution < 1.29 is 17.9 Å². The molecule has 1 N–H and O–H groups in total. The van der Waals surface area contributed by atoms with E-state index < -0.39 is 11.7 Å². The number of aromatic nitrogens is 2. The summed E-state index contributed by atoms with van der Waals surface area (Å²) in [5.74, 6) is -0.169. The highest BCUT2D eigenvalue weighted by molar-refractivity contribution is 7.14. The third-order valence-electron chi connectivity index (χ3n) is 4.00. The quantitative estimate of drug-likeness (QED) is 0.500. The normalized spacial score (nSPS) is 11.7. The largest absolute Gasteiger partial charge is 0.493 e. The zero-order chi connectivity index (χ0) is 20.9. The summed E-state index contributed by atoms with van der Waals surface area (Å²) in [6.45, 7) is 0.958. The smallest absolute Gasteiger partial charge is 0.420 e. The maximum absolute atomic E-state index is 13.5. The van der Waals surface area contributed by atoms with Crippen LogP contribution in [0.5, 0.6) is 5.75 Å². The number of hydrogen-bond donors (Lipinski definition) is 1. The Bertz CT molecular complexity index is 929. The summed E-state index contributed by atoms with van der Waals surface area (Å²) in [7, 11) is 3.81. The molecule has 0 aliphatic carbocycles. The molecule has 2 heterocycles. The fourth-order valence-electron chi connectivity index (χ4n) is 2.62. The third-order valence-corrected chi connectivity index (χ3v) is 4.76. The zero-order valence-electron chi connectivity index (χ0n) is 16.0. The van der Waals surface area contributed by atoms with Gasteiger partial charge in [0.25, 0.3) is 0 Å². The molecule has 0 saturated carbocycles. The molecule has 0 saturated heterocycles. The molecule has 0 radical (unpaired) electrons. The third kappa shape index (κ3) is 5.91. The molecule has 3 aromatic rings. The van der Waals surface area contributed by atoms with Gasteiger partial charge in [0.1, 0.15) is 5.75 Å². The molecule has 154 valence electrons. The molecule has 9 heteroatoms. The first kappa shape index (κ1) is 21.1. The average Bonchev–Trinajstić information content (AvgIpc) is 3.14. The molecule has 2 aromatic heterocycles. The van der Waals surface area contributed by atoms with E-state index in [0.29, 0.717) is 22.9 Å². The minimum Gasteiger partial charge on any atom is -0.493 e. The summed E-state index contributed by atoms with van der Waals surface area (Å²) in [5, 5.41) is 5.26. The van der Waals surface area contributed by atoms with Crippen LogP contribution >= 0.6 is 11.3 Å². The van der Waals surface area contributed by atoms with Crippen molar-refractivity contribution in [2.45, 2.75) is 12.6 Å². The highest BCUT2D eigenvalue weighted by Crippen LogP contribution is 2.39. The molecule has 0 bridgehead atoms. The van der Waals surface area contributed by atoms with E-state index in [9.17, 15) is 13.2 Å². The van der Waals surface area contributed by atoms with Crippen molar-refractivity contribution in [1.82, 2.24) is 14.9 Å². The number of ether oxygens (including phenoxy) is 1. The highest BCUT2D eigenvalue weighted by atomic mass is 32.1. The molecule has 29 heavy (non-hydrogen) atoms. The van der Waals surface area contributed by atoms with Gasteiger partial charge < -0.3 is 15.0 Å². The molecule has 1 aromatic carbocycles. The molecule has 0 spiro atoms. The number of rotatable bonds is 8. The number of benzene rings is 1. The first-order chi connectivity index (χ1) is 13.8. The maximum Gasteiger partial charge on any atom is 0.420 e. The van der Waals surface area contributed by atoms with E-state index in [1.54, 1.807) is 24.5 Å². The Morgan fingerprint density at radius 1 is 1.21 bits per heavy atom. The van der Waals surface area contributed by atoms with Gasteiger partial charge in [0, 0.05) is 35.6 Å². The number of alkyl halides is 3. The fourth-order valence-corrected chi connectivity index (χ4v) is 3.36. The molecule has 0 aliphatic rings. The lowest BCUT2D eigenvalue weighted by Crippen LogP contribution is -2.16. The predicted octanol–water partition coefficient (Wildman–Crippen LogP) is 5.30. The fraction of sp³-hybridized carbons (Fsp3) is 0.300. The van der Waals surface area contributed by atoms with Gasteiger partial charge in [-0.2, -0.15) is 13.2 Å². The van der Waals surface area contributed by atoms with E-state index >= 15 is 0 Å². The van der Waals surface area contributed by atoms with Crippen molar-refractivity contribution in [3.8, 4) is 17.0 Å². The van der Waals surface area contributed by atoms with Crippen LogP contribution in [0.1, 0.15) is 12.0 Å². The standard InChI is InChI=1S/C20H21F3N4OS/c1-27(2)9-4-10-28-18-7-6-15(11-16(18)20(21,22)23)25-19-26-17(13-29-19)14-5-3-8-24-12-14/h3,5-8,11-13H,4,9-10H2,1-2H3,(H,25,26). The molecule has 0 aliphatic heterocycles. The van der Waals surface area contributed by atoms with E-state index in [1.165, 1.54) is 17.4 Å². The molecule has 0 unspecified atom stereocenters. The van der Waals surface area contributed by atoms with Crippen LogP contribution in [-0.4, -0.2) is 42.1 Å². The van der Waals surface area contributed by atoms with Crippen LogP contribution in [0.15, 0.2) is 48.1 Å². The summed E-state index contributed by atoms with van der Waals surface area (Å²) in [4.78, 5) is 10.4. The summed E-state index contributed by atoms with van der Waals surface area (Å²) in [6.07, 6.45) is -0.528. The van der Waals surface area contributed by atoms with Crippen LogP contribution in [0.25, 0.3) is 11.3 Å².